The molecule has 0 spiro atoms. The molecule has 2 N–H and O–H groups in total. The van der Waals surface area contributed by atoms with Crippen molar-refractivity contribution in [3.63, 3.8) is 0 Å². The van der Waals surface area contributed by atoms with Crippen LogP contribution in [0.2, 0.25) is 0 Å². The van der Waals surface area contributed by atoms with Crippen molar-refractivity contribution >= 4 is 12.0 Å². The minimum Gasteiger partial charge on any atom is -0.480 e. The van der Waals surface area contributed by atoms with Crippen LogP contribution in [0.4, 0.5) is 4.79 Å². The molecule has 2 unspecified atom stereocenters. The van der Waals surface area contributed by atoms with E-state index in [2.05, 4.69) is 5.32 Å². The van der Waals surface area contributed by atoms with Crippen LogP contribution in [0, 0.1) is 0 Å². The Morgan fingerprint density at radius 2 is 2.25 bits per heavy atom. The summed E-state index contributed by atoms with van der Waals surface area (Å²) in [6.45, 7) is 1.49. The number of ether oxygens (including phenoxy) is 2. The first-order valence-corrected chi connectivity index (χ1v) is 6.89. The van der Waals surface area contributed by atoms with Gasteiger partial charge in [-0.05, 0) is 19.3 Å². The number of carbonyl (C=O) groups excluding carboxylic acids is 1. The molecule has 1 aliphatic heterocycles. The fraction of sp³-hybridized carbons (Fsp3) is 0.846. The fourth-order valence-electron chi connectivity index (χ4n) is 2.09. The normalized spacial score (nSPS) is 20.2. The summed E-state index contributed by atoms with van der Waals surface area (Å²) in [5.41, 5.74) is 0. The van der Waals surface area contributed by atoms with Crippen LogP contribution in [0.1, 0.15) is 25.7 Å². The van der Waals surface area contributed by atoms with Crippen LogP contribution < -0.4 is 5.32 Å². The molecule has 0 saturated carbocycles. The standard InChI is InChI=1S/C13H24N2O5/c1-15(9-10-5-3-4-7-20-10)13(18)14-11(12(16)17)6-8-19-2/h10-11H,3-9H2,1-2H3,(H,14,18)(H,16,17). The monoisotopic (exact) mass is 288 g/mol. The van der Waals surface area contributed by atoms with Crippen molar-refractivity contribution in [1.82, 2.24) is 10.2 Å². The number of nitrogens with one attached hydrogen (secondary N) is 1. The fourth-order valence-corrected chi connectivity index (χ4v) is 2.09. The van der Waals surface area contributed by atoms with Crippen LogP contribution in [0.3, 0.4) is 0 Å². The van der Waals surface area contributed by atoms with Crippen LogP contribution in [0.5, 0.6) is 0 Å². The molecule has 1 rings (SSSR count). The van der Waals surface area contributed by atoms with Gasteiger partial charge in [-0.25, -0.2) is 9.59 Å². The number of likely N-dealkylation sites (N-methyl/N-ethyl adjacent to an activating group) is 1. The van der Waals surface area contributed by atoms with Gasteiger partial charge in [-0.3, -0.25) is 0 Å². The summed E-state index contributed by atoms with van der Waals surface area (Å²) in [5.74, 6) is -1.06. The highest BCUT2D eigenvalue weighted by atomic mass is 16.5. The molecule has 0 aliphatic carbocycles. The van der Waals surface area contributed by atoms with Gasteiger partial charge < -0.3 is 24.8 Å². The smallest absolute Gasteiger partial charge is 0.326 e. The van der Waals surface area contributed by atoms with Crippen LogP contribution >= 0.6 is 0 Å². The second kappa shape index (κ2) is 8.76. The zero-order valence-corrected chi connectivity index (χ0v) is 12.1. The predicted octanol–water partition coefficient (Wildman–Crippen LogP) is 0.687. The number of methoxy groups -OCH3 is 1. The molecule has 1 fully saturated rings. The van der Waals surface area contributed by atoms with Crippen LogP contribution in [-0.2, 0) is 14.3 Å². The van der Waals surface area contributed by atoms with Crippen molar-refractivity contribution in [2.24, 2.45) is 0 Å². The molecule has 1 heterocycles. The van der Waals surface area contributed by atoms with E-state index in [9.17, 15) is 9.59 Å². The van der Waals surface area contributed by atoms with Crippen LogP contribution in [-0.4, -0.2) is 68.1 Å². The van der Waals surface area contributed by atoms with Crippen molar-refractivity contribution in [2.45, 2.75) is 37.8 Å². The lowest BCUT2D eigenvalue weighted by Crippen LogP contribution is -2.49. The van der Waals surface area contributed by atoms with Crippen LogP contribution in [0.15, 0.2) is 0 Å². The number of carboxylic acid groups (broad SMARTS) is 1. The van der Waals surface area contributed by atoms with Gasteiger partial charge in [0.15, 0.2) is 0 Å². The van der Waals surface area contributed by atoms with Gasteiger partial charge in [0.25, 0.3) is 0 Å². The Morgan fingerprint density at radius 3 is 2.80 bits per heavy atom. The number of carbonyl (C=O) groups is 2. The molecule has 7 nitrogen and oxygen atoms in total. The Bertz CT molecular complexity index is 318. The molecule has 1 aliphatic rings. The van der Waals surface area contributed by atoms with E-state index >= 15 is 0 Å². The number of rotatable bonds is 7. The number of amides is 2. The molecule has 0 bridgehead atoms. The summed E-state index contributed by atoms with van der Waals surface area (Å²) in [5, 5.41) is 11.5. The molecule has 0 radical (unpaired) electrons. The average Bonchev–Trinajstić information content (AvgIpc) is 2.43. The maximum atomic E-state index is 11.9. The molecule has 20 heavy (non-hydrogen) atoms. The summed E-state index contributed by atoms with van der Waals surface area (Å²) < 4.78 is 10.4. The Morgan fingerprint density at radius 1 is 1.50 bits per heavy atom. The van der Waals surface area contributed by atoms with Crippen molar-refractivity contribution in [1.29, 1.82) is 0 Å². The number of carboxylic acids is 1. The lowest BCUT2D eigenvalue weighted by Gasteiger charge is -2.28. The minimum atomic E-state index is -1.06. The first kappa shape index (κ1) is 16.7. The van der Waals surface area contributed by atoms with Crippen molar-refractivity contribution in [3.05, 3.63) is 0 Å². The second-order valence-corrected chi connectivity index (χ2v) is 4.99. The summed E-state index contributed by atoms with van der Waals surface area (Å²) in [7, 11) is 3.13. The zero-order chi connectivity index (χ0) is 15.0. The molecular weight excluding hydrogens is 264 g/mol. The highest BCUT2D eigenvalue weighted by Crippen LogP contribution is 2.13. The zero-order valence-electron chi connectivity index (χ0n) is 12.1. The number of urea groups is 1. The largest absolute Gasteiger partial charge is 0.480 e. The van der Waals surface area contributed by atoms with Gasteiger partial charge in [-0.15, -0.1) is 0 Å². The third kappa shape index (κ3) is 5.75. The van der Waals surface area contributed by atoms with E-state index in [1.54, 1.807) is 7.05 Å². The van der Waals surface area contributed by atoms with E-state index in [0.29, 0.717) is 6.54 Å². The van der Waals surface area contributed by atoms with Gasteiger partial charge in [0.1, 0.15) is 6.04 Å². The van der Waals surface area contributed by atoms with Gasteiger partial charge in [0.05, 0.1) is 6.10 Å². The Kier molecular flexibility index (Phi) is 7.32. The van der Waals surface area contributed by atoms with Gasteiger partial charge in [0, 0.05) is 40.3 Å². The maximum Gasteiger partial charge on any atom is 0.326 e. The predicted molar refractivity (Wildman–Crippen MR) is 72.7 cm³/mol. The van der Waals surface area contributed by atoms with Gasteiger partial charge in [0.2, 0.25) is 0 Å². The highest BCUT2D eigenvalue weighted by molar-refractivity contribution is 5.82. The summed E-state index contributed by atoms with van der Waals surface area (Å²) in [6.07, 6.45) is 3.38. The van der Waals surface area contributed by atoms with E-state index in [4.69, 9.17) is 14.6 Å². The lowest BCUT2D eigenvalue weighted by atomic mass is 10.1. The average molecular weight is 288 g/mol. The van der Waals surface area contributed by atoms with Crippen molar-refractivity contribution in [2.75, 3.05) is 33.9 Å². The SMILES string of the molecule is COCCC(NC(=O)N(C)CC1CCCCO1)C(=O)O. The number of hydrogen-bond donors (Lipinski definition) is 2. The minimum absolute atomic E-state index is 0.0433. The molecule has 2 atom stereocenters. The number of hydrogen-bond acceptors (Lipinski definition) is 4. The van der Waals surface area contributed by atoms with Crippen molar-refractivity contribution in [3.8, 4) is 0 Å². The molecule has 7 heteroatoms. The molecule has 116 valence electrons. The Balaban J connectivity index is 2.39. The second-order valence-electron chi connectivity index (χ2n) is 4.99. The quantitative estimate of drug-likeness (QED) is 0.719. The van der Waals surface area contributed by atoms with E-state index in [-0.39, 0.29) is 19.1 Å². The lowest BCUT2D eigenvalue weighted by molar-refractivity contribution is -0.139. The van der Waals surface area contributed by atoms with E-state index in [1.807, 2.05) is 0 Å². The summed E-state index contributed by atoms with van der Waals surface area (Å²) >= 11 is 0. The highest BCUT2D eigenvalue weighted by Gasteiger charge is 2.23. The van der Waals surface area contributed by atoms with E-state index in [0.717, 1.165) is 25.9 Å². The Hall–Kier alpha value is -1.34. The Labute approximate surface area is 119 Å². The maximum absolute atomic E-state index is 11.9. The van der Waals surface area contributed by atoms with E-state index < -0.39 is 18.0 Å². The third-order valence-electron chi connectivity index (χ3n) is 3.30. The number of nitrogens with zero attached hydrogens (tertiary/aromatic N) is 1. The number of aliphatic carboxylic acids is 1. The topological polar surface area (TPSA) is 88.1 Å². The molecular formula is C13H24N2O5. The summed E-state index contributed by atoms with van der Waals surface area (Å²) in [4.78, 5) is 24.5. The molecule has 0 aromatic carbocycles. The van der Waals surface area contributed by atoms with Crippen molar-refractivity contribution < 1.29 is 24.2 Å². The molecule has 1 saturated heterocycles. The molecule has 2 amide bonds. The third-order valence-corrected chi connectivity index (χ3v) is 3.30. The van der Waals surface area contributed by atoms with E-state index in [1.165, 1.54) is 12.0 Å². The van der Waals surface area contributed by atoms with Gasteiger partial charge in [-0.2, -0.15) is 0 Å². The molecule has 0 aromatic heterocycles. The first-order chi connectivity index (χ1) is 9.54. The summed E-state index contributed by atoms with van der Waals surface area (Å²) in [6, 6.07) is -1.33. The van der Waals surface area contributed by atoms with Gasteiger partial charge >= 0.3 is 12.0 Å². The molecule has 0 aromatic rings. The van der Waals surface area contributed by atoms with Crippen LogP contribution in [0.25, 0.3) is 0 Å². The first-order valence-electron chi connectivity index (χ1n) is 6.89. The van der Waals surface area contributed by atoms with Gasteiger partial charge in [-0.1, -0.05) is 0 Å².